The van der Waals surface area contributed by atoms with Crippen LogP contribution >= 0.6 is 0 Å². The predicted octanol–water partition coefficient (Wildman–Crippen LogP) is 2.89. The lowest BCUT2D eigenvalue weighted by atomic mass is 9.91. The van der Waals surface area contributed by atoms with Crippen LogP contribution in [0, 0.1) is 12.7 Å². The Hall–Kier alpha value is -1.68. The summed E-state index contributed by atoms with van der Waals surface area (Å²) in [4.78, 5) is 0. The summed E-state index contributed by atoms with van der Waals surface area (Å²) in [5.41, 5.74) is 2.03. The maximum atomic E-state index is 12.9. The van der Waals surface area contributed by atoms with E-state index < -0.39 is 5.60 Å². The molecular weight excluding hydrogens is 255 g/mol. The van der Waals surface area contributed by atoms with Crippen molar-refractivity contribution < 1.29 is 9.50 Å². The fourth-order valence-corrected chi connectivity index (χ4v) is 2.51. The van der Waals surface area contributed by atoms with Crippen molar-refractivity contribution in [2.24, 2.45) is 0 Å². The number of nitrogens with zero attached hydrogens (tertiary/aromatic N) is 2. The molecule has 1 N–H and O–H groups in total. The molecule has 0 spiro atoms. The van der Waals surface area contributed by atoms with Crippen LogP contribution in [0.15, 0.2) is 30.3 Å². The van der Waals surface area contributed by atoms with E-state index in [2.05, 4.69) is 5.10 Å². The van der Waals surface area contributed by atoms with Gasteiger partial charge in [-0.05, 0) is 44.5 Å². The van der Waals surface area contributed by atoms with E-state index in [4.69, 9.17) is 0 Å². The Morgan fingerprint density at radius 1 is 1.25 bits per heavy atom. The van der Waals surface area contributed by atoms with E-state index in [1.165, 1.54) is 12.1 Å². The molecular formula is C16H21FN2O. The molecule has 1 aromatic carbocycles. The standard InChI is InChI=1S/C16H21FN2O/c1-4-19-15(9-12(2)18-19)11-16(3,20)10-13-5-7-14(17)8-6-13/h5-9,20H,4,10-11H2,1-3H3. The van der Waals surface area contributed by atoms with Gasteiger partial charge >= 0.3 is 0 Å². The Bertz CT molecular complexity index is 573. The number of benzene rings is 1. The molecule has 1 aromatic heterocycles. The number of rotatable bonds is 5. The summed E-state index contributed by atoms with van der Waals surface area (Å²) in [6.45, 7) is 6.57. The van der Waals surface area contributed by atoms with E-state index in [9.17, 15) is 9.50 Å². The number of aromatic nitrogens is 2. The van der Waals surface area contributed by atoms with Crippen LogP contribution in [0.4, 0.5) is 4.39 Å². The summed E-state index contributed by atoms with van der Waals surface area (Å²) >= 11 is 0. The Morgan fingerprint density at radius 2 is 1.90 bits per heavy atom. The second-order valence-corrected chi connectivity index (χ2v) is 5.57. The van der Waals surface area contributed by atoms with Crippen molar-refractivity contribution in [3.05, 3.63) is 53.1 Å². The monoisotopic (exact) mass is 276 g/mol. The summed E-state index contributed by atoms with van der Waals surface area (Å²) in [7, 11) is 0. The predicted molar refractivity (Wildman–Crippen MR) is 77.1 cm³/mol. The van der Waals surface area contributed by atoms with Gasteiger partial charge in [0.15, 0.2) is 0 Å². The maximum Gasteiger partial charge on any atom is 0.123 e. The van der Waals surface area contributed by atoms with Crippen LogP contribution in [0.25, 0.3) is 0 Å². The first kappa shape index (κ1) is 14.7. The molecule has 0 amide bonds. The fraction of sp³-hybridized carbons (Fsp3) is 0.438. The molecule has 0 radical (unpaired) electrons. The number of hydrogen-bond acceptors (Lipinski definition) is 2. The van der Waals surface area contributed by atoms with E-state index in [-0.39, 0.29) is 5.82 Å². The van der Waals surface area contributed by atoms with Crippen LogP contribution < -0.4 is 0 Å². The molecule has 0 fully saturated rings. The smallest absolute Gasteiger partial charge is 0.123 e. The molecule has 2 aromatic rings. The van der Waals surface area contributed by atoms with Crippen molar-refractivity contribution in [1.82, 2.24) is 9.78 Å². The van der Waals surface area contributed by atoms with Crippen LogP contribution in [0.2, 0.25) is 0 Å². The second-order valence-electron chi connectivity index (χ2n) is 5.57. The molecule has 0 aliphatic carbocycles. The van der Waals surface area contributed by atoms with Gasteiger partial charge < -0.3 is 5.11 Å². The Labute approximate surface area is 119 Å². The highest BCUT2D eigenvalue weighted by Crippen LogP contribution is 2.20. The van der Waals surface area contributed by atoms with Gasteiger partial charge in [0.2, 0.25) is 0 Å². The summed E-state index contributed by atoms with van der Waals surface area (Å²) in [5, 5.41) is 15.0. The van der Waals surface area contributed by atoms with Gasteiger partial charge in [0.1, 0.15) is 5.82 Å². The highest BCUT2D eigenvalue weighted by atomic mass is 19.1. The number of halogens is 1. The van der Waals surface area contributed by atoms with Gasteiger partial charge in [0.25, 0.3) is 0 Å². The average molecular weight is 276 g/mol. The highest BCUT2D eigenvalue weighted by molar-refractivity contribution is 5.19. The normalized spacial score (nSPS) is 14.2. The third-order valence-electron chi connectivity index (χ3n) is 3.35. The second kappa shape index (κ2) is 5.75. The van der Waals surface area contributed by atoms with Crippen molar-refractivity contribution in [2.75, 3.05) is 0 Å². The fourth-order valence-electron chi connectivity index (χ4n) is 2.51. The molecule has 0 bridgehead atoms. The molecule has 3 nitrogen and oxygen atoms in total. The van der Waals surface area contributed by atoms with E-state index in [0.29, 0.717) is 12.8 Å². The SMILES string of the molecule is CCn1nc(C)cc1CC(C)(O)Cc1ccc(F)cc1. The van der Waals surface area contributed by atoms with Crippen LogP contribution in [0.5, 0.6) is 0 Å². The first-order valence-electron chi connectivity index (χ1n) is 6.90. The van der Waals surface area contributed by atoms with Gasteiger partial charge in [0.05, 0.1) is 11.3 Å². The topological polar surface area (TPSA) is 38.0 Å². The van der Waals surface area contributed by atoms with Gasteiger partial charge in [-0.3, -0.25) is 4.68 Å². The number of aliphatic hydroxyl groups is 1. The maximum absolute atomic E-state index is 12.9. The van der Waals surface area contributed by atoms with Crippen LogP contribution in [0.3, 0.4) is 0 Å². The van der Waals surface area contributed by atoms with Crippen molar-refractivity contribution in [3.8, 4) is 0 Å². The molecule has 0 aliphatic rings. The minimum Gasteiger partial charge on any atom is -0.389 e. The minimum absolute atomic E-state index is 0.256. The Morgan fingerprint density at radius 3 is 2.50 bits per heavy atom. The van der Waals surface area contributed by atoms with Crippen molar-refractivity contribution in [1.29, 1.82) is 0 Å². The Kier molecular flexibility index (Phi) is 4.23. The van der Waals surface area contributed by atoms with E-state index in [1.807, 2.05) is 24.6 Å². The van der Waals surface area contributed by atoms with Gasteiger partial charge in [-0.1, -0.05) is 12.1 Å². The summed E-state index contributed by atoms with van der Waals surface area (Å²) in [6, 6.07) is 8.28. The first-order valence-corrected chi connectivity index (χ1v) is 6.90. The lowest BCUT2D eigenvalue weighted by Gasteiger charge is -2.23. The quantitative estimate of drug-likeness (QED) is 0.912. The molecule has 2 rings (SSSR count). The minimum atomic E-state index is -0.878. The zero-order valence-electron chi connectivity index (χ0n) is 12.2. The summed E-state index contributed by atoms with van der Waals surface area (Å²) in [5.74, 6) is -0.256. The van der Waals surface area contributed by atoms with E-state index >= 15 is 0 Å². The number of aryl methyl sites for hydroxylation is 2. The molecule has 0 saturated heterocycles. The van der Waals surface area contributed by atoms with Crippen molar-refractivity contribution >= 4 is 0 Å². The van der Waals surface area contributed by atoms with Gasteiger partial charge in [-0.25, -0.2) is 4.39 Å². The molecule has 1 unspecified atom stereocenters. The zero-order chi connectivity index (χ0) is 14.8. The third kappa shape index (κ3) is 3.67. The van der Waals surface area contributed by atoms with Gasteiger partial charge in [-0.2, -0.15) is 5.10 Å². The molecule has 4 heteroatoms. The zero-order valence-corrected chi connectivity index (χ0v) is 12.2. The van der Waals surface area contributed by atoms with Crippen molar-refractivity contribution in [3.63, 3.8) is 0 Å². The van der Waals surface area contributed by atoms with Crippen LogP contribution in [-0.2, 0) is 19.4 Å². The van der Waals surface area contributed by atoms with Crippen molar-refractivity contribution in [2.45, 2.75) is 45.8 Å². The molecule has 1 heterocycles. The molecule has 1 atom stereocenters. The van der Waals surface area contributed by atoms with Crippen LogP contribution in [-0.4, -0.2) is 20.5 Å². The molecule has 0 saturated carbocycles. The summed E-state index contributed by atoms with van der Waals surface area (Å²) in [6.07, 6.45) is 1.01. The summed E-state index contributed by atoms with van der Waals surface area (Å²) < 4.78 is 14.8. The first-order chi connectivity index (χ1) is 9.39. The lowest BCUT2D eigenvalue weighted by molar-refractivity contribution is 0.0586. The largest absolute Gasteiger partial charge is 0.389 e. The van der Waals surface area contributed by atoms with Crippen LogP contribution in [0.1, 0.15) is 30.8 Å². The van der Waals surface area contributed by atoms with Gasteiger partial charge in [0, 0.05) is 25.1 Å². The third-order valence-corrected chi connectivity index (χ3v) is 3.35. The number of hydrogen-bond donors (Lipinski definition) is 1. The lowest BCUT2D eigenvalue weighted by Crippen LogP contribution is -2.31. The molecule has 0 aliphatic heterocycles. The van der Waals surface area contributed by atoms with E-state index in [0.717, 1.165) is 23.5 Å². The average Bonchev–Trinajstić information content (AvgIpc) is 2.71. The van der Waals surface area contributed by atoms with Gasteiger partial charge in [-0.15, -0.1) is 0 Å². The molecule has 20 heavy (non-hydrogen) atoms. The Balaban J connectivity index is 2.11. The molecule has 108 valence electrons. The van der Waals surface area contributed by atoms with E-state index in [1.54, 1.807) is 19.1 Å². The highest BCUT2D eigenvalue weighted by Gasteiger charge is 2.23.